The lowest BCUT2D eigenvalue weighted by Crippen LogP contribution is -2.33. The molecule has 162 valence electrons. The fraction of sp³-hybridized carbons (Fsp3) is 0.353. The van der Waals surface area contributed by atoms with Crippen LogP contribution in [0.15, 0.2) is 34.7 Å². The smallest absolute Gasteiger partial charge is 0.384 e. The van der Waals surface area contributed by atoms with Crippen LogP contribution in [0.4, 0.5) is 32.2 Å². The first-order valence-corrected chi connectivity index (χ1v) is 10.5. The number of aromatic nitrogens is 4. The van der Waals surface area contributed by atoms with Gasteiger partial charge in [0, 0.05) is 17.6 Å². The molecule has 3 heterocycles. The Morgan fingerprint density at radius 3 is 2.33 bits per heavy atom. The third-order valence-electron chi connectivity index (χ3n) is 4.19. The summed E-state index contributed by atoms with van der Waals surface area (Å²) in [6.45, 7) is 1.70. The molecule has 13 heteroatoms. The van der Waals surface area contributed by atoms with Crippen molar-refractivity contribution < 1.29 is 26.3 Å². The van der Waals surface area contributed by atoms with Crippen LogP contribution in [0.2, 0.25) is 0 Å². The maximum absolute atomic E-state index is 13.2. The number of alkyl halides is 6. The molecule has 3 aromatic rings. The molecule has 1 atom stereocenters. The molecule has 0 aliphatic rings. The van der Waals surface area contributed by atoms with E-state index >= 15 is 0 Å². The van der Waals surface area contributed by atoms with Gasteiger partial charge in [-0.3, -0.25) is 4.98 Å². The Hall–Kier alpha value is -2.15. The predicted molar refractivity (Wildman–Crippen MR) is 103 cm³/mol. The van der Waals surface area contributed by atoms with Crippen molar-refractivity contribution in [2.75, 3.05) is 12.0 Å². The van der Waals surface area contributed by atoms with E-state index in [2.05, 4.69) is 19.9 Å². The minimum absolute atomic E-state index is 0.0781. The van der Waals surface area contributed by atoms with E-state index in [1.165, 1.54) is 24.0 Å². The maximum Gasteiger partial charge on any atom is 0.404 e. The van der Waals surface area contributed by atoms with Gasteiger partial charge in [0.05, 0.1) is 22.7 Å². The summed E-state index contributed by atoms with van der Waals surface area (Å²) in [6, 6.07) is 2.81. The number of thioether (sulfide) groups is 2. The number of pyridine rings is 1. The van der Waals surface area contributed by atoms with Gasteiger partial charge in [0.25, 0.3) is 0 Å². The van der Waals surface area contributed by atoms with Gasteiger partial charge in [0.15, 0.2) is 11.1 Å². The van der Waals surface area contributed by atoms with Gasteiger partial charge >= 0.3 is 12.4 Å². The molecule has 3 N–H and O–H groups in total. The van der Waals surface area contributed by atoms with Crippen molar-refractivity contribution in [1.29, 1.82) is 0 Å². The summed E-state index contributed by atoms with van der Waals surface area (Å²) in [4.78, 5) is 15.0. The van der Waals surface area contributed by atoms with Crippen LogP contribution < -0.4 is 5.73 Å². The molecular formula is C17H15F6N5S2. The molecule has 0 fully saturated rings. The number of nitrogens with two attached hydrogens (primary N) is 1. The summed E-state index contributed by atoms with van der Waals surface area (Å²) in [5, 5.41) is 0.313. The standard InChI is InChI=1S/C17H15F6N5S2/c1-7(30-15-27-12(24)4-13(28-15)29-2)10-3-8-9(5-25-11(8)6-26-10)14(16(18,19)20)17(21,22)23/h3-7,14,25H,1-2H3,(H2,24,27,28). The summed E-state index contributed by atoms with van der Waals surface area (Å²) >= 11 is 2.50. The summed E-state index contributed by atoms with van der Waals surface area (Å²) in [6.07, 6.45) is -7.23. The zero-order valence-electron chi connectivity index (χ0n) is 15.5. The largest absolute Gasteiger partial charge is 0.404 e. The summed E-state index contributed by atoms with van der Waals surface area (Å²) < 4.78 is 79.1. The minimum Gasteiger partial charge on any atom is -0.384 e. The van der Waals surface area contributed by atoms with Crippen molar-refractivity contribution >= 4 is 40.2 Å². The fourth-order valence-electron chi connectivity index (χ4n) is 2.85. The average Bonchev–Trinajstić information content (AvgIpc) is 3.01. The van der Waals surface area contributed by atoms with Crippen LogP contribution in [-0.2, 0) is 0 Å². The lowest BCUT2D eigenvalue weighted by atomic mass is 9.97. The number of rotatable bonds is 5. The van der Waals surface area contributed by atoms with E-state index in [0.29, 0.717) is 10.2 Å². The normalized spacial score (nSPS) is 13.9. The van der Waals surface area contributed by atoms with Gasteiger partial charge in [0.1, 0.15) is 10.8 Å². The molecule has 30 heavy (non-hydrogen) atoms. The second-order valence-corrected chi connectivity index (χ2v) is 8.43. The highest BCUT2D eigenvalue weighted by molar-refractivity contribution is 7.99. The van der Waals surface area contributed by atoms with E-state index in [4.69, 9.17) is 5.73 Å². The molecule has 0 aromatic carbocycles. The van der Waals surface area contributed by atoms with Crippen molar-refractivity contribution in [3.63, 3.8) is 0 Å². The molecule has 1 unspecified atom stereocenters. The SMILES string of the molecule is CSc1cc(N)nc(SC(C)c2cc3c(C(C(F)(F)F)C(F)(F)F)c[nH]c3cn2)n1. The van der Waals surface area contributed by atoms with Gasteiger partial charge in [0.2, 0.25) is 0 Å². The number of fused-ring (bicyclic) bond motifs is 1. The van der Waals surface area contributed by atoms with Crippen molar-refractivity contribution in [3.8, 4) is 0 Å². The maximum atomic E-state index is 13.2. The zero-order valence-corrected chi connectivity index (χ0v) is 17.1. The molecular weight excluding hydrogens is 452 g/mol. The second-order valence-electron chi connectivity index (χ2n) is 6.29. The third-order valence-corrected chi connectivity index (χ3v) is 5.81. The van der Waals surface area contributed by atoms with Gasteiger partial charge in [-0.15, -0.1) is 11.8 Å². The Kier molecular flexibility index (Phi) is 6.14. The summed E-state index contributed by atoms with van der Waals surface area (Å²) in [5.41, 5.74) is 5.20. The Balaban J connectivity index is 1.99. The molecule has 0 bridgehead atoms. The third kappa shape index (κ3) is 4.77. The van der Waals surface area contributed by atoms with Crippen molar-refractivity contribution in [2.24, 2.45) is 0 Å². The number of hydrogen-bond donors (Lipinski definition) is 2. The molecule has 3 rings (SSSR count). The van der Waals surface area contributed by atoms with Gasteiger partial charge in [-0.25, -0.2) is 9.97 Å². The number of nitrogens with zero attached hydrogens (tertiary/aromatic N) is 3. The molecule has 0 saturated heterocycles. The van der Waals surface area contributed by atoms with E-state index in [1.807, 2.05) is 0 Å². The van der Waals surface area contributed by atoms with E-state index < -0.39 is 29.1 Å². The Morgan fingerprint density at radius 2 is 1.73 bits per heavy atom. The molecule has 0 aliphatic carbocycles. The summed E-state index contributed by atoms with van der Waals surface area (Å²) in [7, 11) is 0. The number of nitrogen functional groups attached to an aromatic ring is 1. The number of hydrogen-bond acceptors (Lipinski definition) is 6. The van der Waals surface area contributed by atoms with Crippen LogP contribution in [-0.4, -0.2) is 38.5 Å². The molecule has 0 saturated carbocycles. The first-order valence-electron chi connectivity index (χ1n) is 8.35. The fourth-order valence-corrected chi connectivity index (χ4v) is 4.20. The number of aromatic amines is 1. The van der Waals surface area contributed by atoms with Crippen molar-refractivity contribution in [2.45, 2.75) is 40.6 Å². The lowest BCUT2D eigenvalue weighted by molar-refractivity contribution is -0.253. The zero-order chi connectivity index (χ0) is 22.3. The first-order chi connectivity index (χ1) is 13.9. The van der Waals surface area contributed by atoms with Gasteiger partial charge in [-0.2, -0.15) is 26.3 Å². The van der Waals surface area contributed by atoms with E-state index in [-0.39, 0.29) is 22.4 Å². The van der Waals surface area contributed by atoms with E-state index in [1.54, 1.807) is 19.2 Å². The first kappa shape index (κ1) is 22.5. The number of H-pyrrole nitrogens is 1. The molecule has 3 aromatic heterocycles. The van der Waals surface area contributed by atoms with Crippen LogP contribution in [0.25, 0.3) is 10.9 Å². The monoisotopic (exact) mass is 467 g/mol. The van der Waals surface area contributed by atoms with E-state index in [0.717, 1.165) is 18.0 Å². The molecule has 5 nitrogen and oxygen atoms in total. The number of nitrogens with one attached hydrogen (secondary N) is 1. The molecule has 0 amide bonds. The van der Waals surface area contributed by atoms with Gasteiger partial charge < -0.3 is 10.7 Å². The molecule has 0 radical (unpaired) electrons. The van der Waals surface area contributed by atoms with Crippen LogP contribution in [0.3, 0.4) is 0 Å². The van der Waals surface area contributed by atoms with E-state index in [9.17, 15) is 26.3 Å². The minimum atomic E-state index is -5.49. The van der Waals surface area contributed by atoms with Crippen molar-refractivity contribution in [1.82, 2.24) is 19.9 Å². The average molecular weight is 467 g/mol. The van der Waals surface area contributed by atoms with Gasteiger partial charge in [-0.1, -0.05) is 11.8 Å². The lowest BCUT2D eigenvalue weighted by Gasteiger charge is -2.22. The second kappa shape index (κ2) is 8.17. The van der Waals surface area contributed by atoms with Crippen LogP contribution in [0.5, 0.6) is 0 Å². The number of anilines is 1. The highest BCUT2D eigenvalue weighted by Crippen LogP contribution is 2.48. The Bertz CT molecular complexity index is 1040. The van der Waals surface area contributed by atoms with Gasteiger partial charge in [-0.05, 0) is 24.8 Å². The van der Waals surface area contributed by atoms with Crippen LogP contribution in [0, 0.1) is 0 Å². The highest BCUT2D eigenvalue weighted by Gasteiger charge is 2.58. The predicted octanol–water partition coefficient (Wildman–Crippen LogP) is 5.72. The highest BCUT2D eigenvalue weighted by atomic mass is 32.2. The summed E-state index contributed by atoms with van der Waals surface area (Å²) in [5.74, 6) is -3.35. The van der Waals surface area contributed by atoms with Crippen LogP contribution in [0.1, 0.15) is 29.3 Å². The Labute approximate surface area is 175 Å². The molecule has 0 spiro atoms. The quantitative estimate of drug-likeness (QED) is 0.216. The number of halogens is 6. The topological polar surface area (TPSA) is 80.5 Å². The molecule has 0 aliphatic heterocycles. The van der Waals surface area contributed by atoms with Crippen LogP contribution >= 0.6 is 23.5 Å². The van der Waals surface area contributed by atoms with Crippen molar-refractivity contribution in [3.05, 3.63) is 35.8 Å². The Morgan fingerprint density at radius 1 is 1.07 bits per heavy atom.